The Morgan fingerprint density at radius 1 is 1.19 bits per heavy atom. The van der Waals surface area contributed by atoms with Crippen molar-refractivity contribution in [1.82, 2.24) is 4.90 Å². The first kappa shape index (κ1) is 16.6. The van der Waals surface area contributed by atoms with Gasteiger partial charge in [-0.1, -0.05) is 35.3 Å². The van der Waals surface area contributed by atoms with Crippen LogP contribution in [0.15, 0.2) is 36.4 Å². The number of rotatable bonds is 3. The first-order valence-corrected chi connectivity index (χ1v) is 8.17. The molecule has 0 aliphatic heterocycles. The lowest BCUT2D eigenvalue weighted by molar-refractivity contribution is 0.0784. The van der Waals surface area contributed by atoms with E-state index in [1.54, 1.807) is 18.0 Å². The summed E-state index contributed by atoms with van der Waals surface area (Å²) in [6.07, 6.45) is 0. The first-order chi connectivity index (χ1) is 9.88. The number of hydrogen-bond acceptors (Lipinski definition) is 1. The number of hydrogen-bond donors (Lipinski definition) is 0. The SMILES string of the molecule is Cc1cccc(C(=O)N(C)Cc2cc(Cl)cc(Cl)c2)c1I. The summed E-state index contributed by atoms with van der Waals surface area (Å²) in [5.41, 5.74) is 2.72. The van der Waals surface area contributed by atoms with E-state index in [-0.39, 0.29) is 5.91 Å². The van der Waals surface area contributed by atoms with Crippen molar-refractivity contribution in [3.8, 4) is 0 Å². The lowest BCUT2D eigenvalue weighted by Crippen LogP contribution is -2.27. The van der Waals surface area contributed by atoms with Crippen molar-refractivity contribution in [3.05, 3.63) is 66.7 Å². The summed E-state index contributed by atoms with van der Waals surface area (Å²) in [4.78, 5) is 14.2. The van der Waals surface area contributed by atoms with Crippen molar-refractivity contribution in [2.75, 3.05) is 7.05 Å². The average Bonchev–Trinajstić information content (AvgIpc) is 2.40. The molecule has 0 saturated carbocycles. The van der Waals surface area contributed by atoms with Gasteiger partial charge in [0, 0.05) is 27.2 Å². The predicted molar refractivity (Wildman–Crippen MR) is 96.2 cm³/mol. The van der Waals surface area contributed by atoms with Gasteiger partial charge in [-0.25, -0.2) is 0 Å². The summed E-state index contributed by atoms with van der Waals surface area (Å²) in [6.45, 7) is 2.46. The van der Waals surface area contributed by atoms with E-state index >= 15 is 0 Å². The van der Waals surface area contributed by atoms with Gasteiger partial charge in [0.2, 0.25) is 0 Å². The third-order valence-electron chi connectivity index (χ3n) is 3.11. The summed E-state index contributed by atoms with van der Waals surface area (Å²) in [5, 5.41) is 1.15. The first-order valence-electron chi connectivity index (χ1n) is 6.34. The molecule has 0 fully saturated rings. The fourth-order valence-electron chi connectivity index (χ4n) is 2.07. The molecule has 2 aromatic carbocycles. The van der Waals surface area contributed by atoms with Crippen LogP contribution in [0.5, 0.6) is 0 Å². The van der Waals surface area contributed by atoms with Crippen molar-refractivity contribution in [3.63, 3.8) is 0 Å². The van der Waals surface area contributed by atoms with Gasteiger partial charge in [-0.05, 0) is 64.9 Å². The Balaban J connectivity index is 2.21. The molecule has 2 nitrogen and oxygen atoms in total. The monoisotopic (exact) mass is 433 g/mol. The van der Waals surface area contributed by atoms with E-state index in [2.05, 4.69) is 22.6 Å². The maximum Gasteiger partial charge on any atom is 0.254 e. The van der Waals surface area contributed by atoms with Gasteiger partial charge < -0.3 is 4.90 Å². The van der Waals surface area contributed by atoms with Crippen molar-refractivity contribution in [1.29, 1.82) is 0 Å². The summed E-state index contributed by atoms with van der Waals surface area (Å²) >= 11 is 14.2. The smallest absolute Gasteiger partial charge is 0.254 e. The van der Waals surface area contributed by atoms with Gasteiger partial charge in [0.05, 0.1) is 5.56 Å². The number of benzene rings is 2. The lowest BCUT2D eigenvalue weighted by atomic mass is 10.1. The zero-order valence-electron chi connectivity index (χ0n) is 11.7. The van der Waals surface area contributed by atoms with E-state index in [0.717, 1.165) is 14.7 Å². The largest absolute Gasteiger partial charge is 0.337 e. The number of amides is 1. The normalized spacial score (nSPS) is 10.5. The molecule has 0 aliphatic carbocycles. The van der Waals surface area contributed by atoms with Crippen molar-refractivity contribution < 1.29 is 4.79 Å². The van der Waals surface area contributed by atoms with Crippen LogP contribution < -0.4 is 0 Å². The predicted octanol–water partition coefficient (Wildman–Crippen LogP) is 5.18. The Bertz CT molecular complexity index is 668. The molecular formula is C16H14Cl2INO. The van der Waals surface area contributed by atoms with Crippen molar-refractivity contribution in [2.24, 2.45) is 0 Å². The zero-order valence-corrected chi connectivity index (χ0v) is 15.3. The van der Waals surface area contributed by atoms with Crippen LogP contribution >= 0.6 is 45.8 Å². The van der Waals surface area contributed by atoms with E-state index in [0.29, 0.717) is 22.2 Å². The Morgan fingerprint density at radius 2 is 1.81 bits per heavy atom. The molecule has 21 heavy (non-hydrogen) atoms. The molecular weight excluding hydrogens is 420 g/mol. The van der Waals surface area contributed by atoms with Gasteiger partial charge in [-0.3, -0.25) is 4.79 Å². The molecule has 0 aliphatic rings. The average molecular weight is 434 g/mol. The van der Waals surface area contributed by atoms with Gasteiger partial charge in [-0.2, -0.15) is 0 Å². The van der Waals surface area contributed by atoms with Crippen molar-refractivity contribution in [2.45, 2.75) is 13.5 Å². The fourth-order valence-corrected chi connectivity index (χ4v) is 3.23. The number of aryl methyl sites for hydroxylation is 1. The second-order valence-electron chi connectivity index (χ2n) is 4.88. The highest BCUT2D eigenvalue weighted by atomic mass is 127. The summed E-state index contributed by atoms with van der Waals surface area (Å²) in [7, 11) is 1.77. The van der Waals surface area contributed by atoms with Crippen LogP contribution in [0.1, 0.15) is 21.5 Å². The summed E-state index contributed by atoms with van der Waals surface area (Å²) in [6, 6.07) is 11.1. The van der Waals surface area contributed by atoms with Gasteiger partial charge in [0.1, 0.15) is 0 Å². The molecule has 0 unspecified atom stereocenters. The second kappa shape index (κ2) is 6.99. The Morgan fingerprint density at radius 3 is 2.43 bits per heavy atom. The van der Waals surface area contributed by atoms with E-state index in [1.807, 2.05) is 37.3 Å². The van der Waals surface area contributed by atoms with Crippen LogP contribution in [-0.4, -0.2) is 17.9 Å². The van der Waals surface area contributed by atoms with E-state index < -0.39 is 0 Å². The van der Waals surface area contributed by atoms with Gasteiger partial charge >= 0.3 is 0 Å². The van der Waals surface area contributed by atoms with Crippen LogP contribution in [0.2, 0.25) is 10.0 Å². The van der Waals surface area contributed by atoms with Crippen LogP contribution in [0.4, 0.5) is 0 Å². The molecule has 2 aromatic rings. The quantitative estimate of drug-likeness (QED) is 0.610. The highest BCUT2D eigenvalue weighted by Crippen LogP contribution is 2.22. The molecule has 1 amide bonds. The molecule has 0 bridgehead atoms. The van der Waals surface area contributed by atoms with Crippen LogP contribution in [0.25, 0.3) is 0 Å². The van der Waals surface area contributed by atoms with Crippen LogP contribution in [-0.2, 0) is 6.54 Å². The van der Waals surface area contributed by atoms with Gasteiger partial charge in [0.15, 0.2) is 0 Å². The minimum absolute atomic E-state index is 0.0146. The molecule has 0 saturated heterocycles. The number of halogens is 3. The molecule has 0 spiro atoms. The summed E-state index contributed by atoms with van der Waals surface area (Å²) < 4.78 is 0.982. The second-order valence-corrected chi connectivity index (χ2v) is 6.83. The van der Waals surface area contributed by atoms with E-state index in [1.165, 1.54) is 0 Å². The maximum absolute atomic E-state index is 12.5. The molecule has 0 heterocycles. The van der Waals surface area contributed by atoms with E-state index in [4.69, 9.17) is 23.2 Å². The minimum atomic E-state index is -0.0146. The molecule has 110 valence electrons. The molecule has 5 heteroatoms. The fraction of sp³-hybridized carbons (Fsp3) is 0.188. The molecule has 0 N–H and O–H groups in total. The van der Waals surface area contributed by atoms with Gasteiger partial charge in [0.25, 0.3) is 5.91 Å². The highest BCUT2D eigenvalue weighted by Gasteiger charge is 2.16. The molecule has 2 rings (SSSR count). The number of nitrogens with zero attached hydrogens (tertiary/aromatic N) is 1. The van der Waals surface area contributed by atoms with Gasteiger partial charge in [-0.15, -0.1) is 0 Å². The van der Waals surface area contributed by atoms with Crippen LogP contribution in [0, 0.1) is 10.5 Å². The van der Waals surface area contributed by atoms with Crippen LogP contribution in [0.3, 0.4) is 0 Å². The Labute approximate surface area is 148 Å². The Hall–Kier alpha value is -0.780. The number of carbonyl (C=O) groups is 1. The molecule has 0 aromatic heterocycles. The highest BCUT2D eigenvalue weighted by molar-refractivity contribution is 14.1. The number of carbonyl (C=O) groups excluding carboxylic acids is 1. The molecule has 0 atom stereocenters. The topological polar surface area (TPSA) is 20.3 Å². The maximum atomic E-state index is 12.5. The Kier molecular flexibility index (Phi) is 5.52. The lowest BCUT2D eigenvalue weighted by Gasteiger charge is -2.19. The minimum Gasteiger partial charge on any atom is -0.337 e. The van der Waals surface area contributed by atoms with Crippen molar-refractivity contribution >= 4 is 51.7 Å². The zero-order chi connectivity index (χ0) is 15.6. The third-order valence-corrected chi connectivity index (χ3v) is 4.98. The standard InChI is InChI=1S/C16H14Cl2INO/c1-10-4-3-5-14(15(10)19)16(21)20(2)9-11-6-12(17)8-13(18)7-11/h3-8H,9H2,1-2H3. The van der Waals surface area contributed by atoms with E-state index in [9.17, 15) is 4.79 Å². The molecule has 0 radical (unpaired) electrons. The summed E-state index contributed by atoms with van der Waals surface area (Å²) in [5.74, 6) is -0.0146. The third kappa shape index (κ3) is 4.11.